The third-order valence-electron chi connectivity index (χ3n) is 3.47. The highest BCUT2D eigenvalue weighted by Crippen LogP contribution is 2.36. The van der Waals surface area contributed by atoms with Gasteiger partial charge in [0.2, 0.25) is 0 Å². The van der Waals surface area contributed by atoms with Crippen molar-refractivity contribution in [1.82, 2.24) is 4.98 Å². The van der Waals surface area contributed by atoms with Crippen LogP contribution >= 0.6 is 11.3 Å². The molecule has 1 aromatic heterocycles. The molecule has 0 aliphatic rings. The van der Waals surface area contributed by atoms with Crippen molar-refractivity contribution in [1.29, 1.82) is 0 Å². The van der Waals surface area contributed by atoms with E-state index in [1.807, 2.05) is 5.51 Å². The molecule has 20 heavy (non-hydrogen) atoms. The summed E-state index contributed by atoms with van der Waals surface area (Å²) in [5.74, 6) is 0. The van der Waals surface area contributed by atoms with Gasteiger partial charge < -0.3 is 10.6 Å². The predicted molar refractivity (Wildman–Crippen MR) is 87.9 cm³/mol. The van der Waals surface area contributed by atoms with Gasteiger partial charge in [0.25, 0.3) is 0 Å². The molecule has 0 spiro atoms. The minimum absolute atomic E-state index is 0.756. The molecule has 0 saturated heterocycles. The Balaban J connectivity index is 2.11. The highest BCUT2D eigenvalue weighted by Gasteiger charge is 2.13. The van der Waals surface area contributed by atoms with Crippen LogP contribution in [0, 0.1) is 6.92 Å². The van der Waals surface area contributed by atoms with Crippen LogP contribution in [0.3, 0.4) is 0 Å². The molecule has 3 aromatic rings. The molecule has 102 valence electrons. The summed E-state index contributed by atoms with van der Waals surface area (Å²) >= 11 is 1.62. The lowest BCUT2D eigenvalue weighted by molar-refractivity contribution is 1.03. The van der Waals surface area contributed by atoms with Crippen LogP contribution in [0.4, 0.5) is 17.1 Å². The van der Waals surface area contributed by atoms with E-state index in [0.29, 0.717) is 0 Å². The number of thiazole rings is 1. The van der Waals surface area contributed by atoms with Crippen molar-refractivity contribution in [3.8, 4) is 0 Å². The Hall–Kier alpha value is -2.07. The van der Waals surface area contributed by atoms with Crippen LogP contribution in [0.15, 0.2) is 41.9 Å². The number of anilines is 3. The number of hydrogen-bond donors (Lipinski definition) is 1. The van der Waals surface area contributed by atoms with Gasteiger partial charge in [-0.05, 0) is 38.1 Å². The van der Waals surface area contributed by atoms with Crippen LogP contribution in [0.2, 0.25) is 0 Å². The molecule has 1 heterocycles. The molecule has 0 atom stereocenters. The first kappa shape index (κ1) is 12.9. The minimum Gasteiger partial charge on any atom is -0.395 e. The van der Waals surface area contributed by atoms with E-state index < -0.39 is 0 Å². The number of benzene rings is 2. The molecule has 3 rings (SSSR count). The van der Waals surface area contributed by atoms with Crippen molar-refractivity contribution in [3.63, 3.8) is 0 Å². The summed E-state index contributed by atoms with van der Waals surface area (Å²) in [7, 11) is 0. The maximum absolute atomic E-state index is 6.31. The number of fused-ring (bicyclic) bond motifs is 1. The second-order valence-corrected chi connectivity index (χ2v) is 5.66. The van der Waals surface area contributed by atoms with Crippen molar-refractivity contribution < 1.29 is 0 Å². The third-order valence-corrected chi connectivity index (χ3v) is 4.27. The summed E-state index contributed by atoms with van der Waals surface area (Å²) < 4.78 is 1.13. The molecule has 0 amide bonds. The van der Waals surface area contributed by atoms with Crippen molar-refractivity contribution >= 4 is 38.6 Å². The van der Waals surface area contributed by atoms with Gasteiger partial charge in [-0.2, -0.15) is 0 Å². The number of aryl methyl sites for hydroxylation is 1. The van der Waals surface area contributed by atoms with E-state index in [-0.39, 0.29) is 0 Å². The molecule has 0 bridgehead atoms. The highest BCUT2D eigenvalue weighted by molar-refractivity contribution is 7.16. The number of nitrogens with zero attached hydrogens (tertiary/aromatic N) is 2. The number of nitrogens with two attached hydrogens (primary N) is 1. The fourth-order valence-corrected chi connectivity index (χ4v) is 3.09. The first-order chi connectivity index (χ1) is 9.70. The first-order valence-electron chi connectivity index (χ1n) is 6.66. The Bertz CT molecular complexity index is 731. The lowest BCUT2D eigenvalue weighted by Gasteiger charge is -2.25. The number of rotatable bonds is 3. The van der Waals surface area contributed by atoms with E-state index in [1.54, 1.807) is 11.3 Å². The lowest BCUT2D eigenvalue weighted by Crippen LogP contribution is -2.17. The lowest BCUT2D eigenvalue weighted by atomic mass is 10.1. The normalized spacial score (nSPS) is 10.9. The smallest absolute Gasteiger partial charge is 0.106 e. The number of nitrogen functional groups attached to an aromatic ring is 1. The average molecular weight is 283 g/mol. The molecule has 2 aromatic carbocycles. The van der Waals surface area contributed by atoms with E-state index in [0.717, 1.165) is 33.8 Å². The summed E-state index contributed by atoms with van der Waals surface area (Å²) in [6.07, 6.45) is 0. The largest absolute Gasteiger partial charge is 0.395 e. The van der Waals surface area contributed by atoms with Crippen LogP contribution in [-0.2, 0) is 0 Å². The molecule has 0 radical (unpaired) electrons. The van der Waals surface area contributed by atoms with Crippen molar-refractivity contribution in [2.24, 2.45) is 0 Å². The Morgan fingerprint density at radius 3 is 2.60 bits per heavy atom. The van der Waals surface area contributed by atoms with Crippen LogP contribution in [0.5, 0.6) is 0 Å². The van der Waals surface area contributed by atoms with Gasteiger partial charge in [0.15, 0.2) is 0 Å². The Labute approximate surface area is 122 Å². The van der Waals surface area contributed by atoms with Gasteiger partial charge in [0, 0.05) is 12.2 Å². The number of aromatic nitrogens is 1. The fourth-order valence-electron chi connectivity index (χ4n) is 2.39. The summed E-state index contributed by atoms with van der Waals surface area (Å²) in [4.78, 5) is 6.59. The second kappa shape index (κ2) is 5.13. The van der Waals surface area contributed by atoms with Crippen LogP contribution in [0.25, 0.3) is 10.2 Å². The predicted octanol–water partition coefficient (Wildman–Crippen LogP) is 4.34. The average Bonchev–Trinajstić information content (AvgIpc) is 2.93. The molecular weight excluding hydrogens is 266 g/mol. The molecular formula is C16H17N3S. The van der Waals surface area contributed by atoms with Gasteiger partial charge in [-0.1, -0.05) is 17.7 Å². The summed E-state index contributed by atoms with van der Waals surface area (Å²) in [6, 6.07) is 12.7. The van der Waals surface area contributed by atoms with Crippen LogP contribution in [0.1, 0.15) is 12.5 Å². The number of hydrogen-bond acceptors (Lipinski definition) is 4. The fraction of sp³-hybridized carbons (Fsp3) is 0.188. The van der Waals surface area contributed by atoms with Gasteiger partial charge in [-0.25, -0.2) is 4.98 Å². The molecule has 0 aliphatic carbocycles. The van der Waals surface area contributed by atoms with Crippen LogP contribution < -0.4 is 10.6 Å². The molecule has 2 N–H and O–H groups in total. The topological polar surface area (TPSA) is 42.2 Å². The molecule has 0 aliphatic heterocycles. The zero-order valence-corrected chi connectivity index (χ0v) is 12.4. The molecule has 0 unspecified atom stereocenters. The van der Waals surface area contributed by atoms with Gasteiger partial charge in [-0.15, -0.1) is 11.3 Å². The maximum atomic E-state index is 6.31. The quantitative estimate of drug-likeness (QED) is 0.727. The molecule has 4 heteroatoms. The van der Waals surface area contributed by atoms with E-state index in [4.69, 9.17) is 5.73 Å². The van der Waals surface area contributed by atoms with E-state index >= 15 is 0 Å². The Morgan fingerprint density at radius 2 is 1.90 bits per heavy atom. The SMILES string of the molecule is CCN(c1ccc(C)cc1)c1ccc2scnc2c1N. The monoisotopic (exact) mass is 283 g/mol. The molecule has 0 fully saturated rings. The Kier molecular flexibility index (Phi) is 3.32. The van der Waals surface area contributed by atoms with Gasteiger partial charge >= 0.3 is 0 Å². The zero-order chi connectivity index (χ0) is 14.1. The molecule has 3 nitrogen and oxygen atoms in total. The summed E-state index contributed by atoms with van der Waals surface area (Å²) in [5, 5.41) is 0. The maximum Gasteiger partial charge on any atom is 0.106 e. The van der Waals surface area contributed by atoms with Crippen molar-refractivity contribution in [2.75, 3.05) is 17.2 Å². The van der Waals surface area contributed by atoms with Crippen LogP contribution in [-0.4, -0.2) is 11.5 Å². The highest BCUT2D eigenvalue weighted by atomic mass is 32.1. The molecule has 0 saturated carbocycles. The van der Waals surface area contributed by atoms with Gasteiger partial charge in [0.1, 0.15) is 5.52 Å². The summed E-state index contributed by atoms with van der Waals surface area (Å²) in [6.45, 7) is 5.09. The van der Waals surface area contributed by atoms with Gasteiger partial charge in [-0.3, -0.25) is 0 Å². The second-order valence-electron chi connectivity index (χ2n) is 4.78. The van der Waals surface area contributed by atoms with Crippen molar-refractivity contribution in [3.05, 3.63) is 47.5 Å². The van der Waals surface area contributed by atoms with E-state index in [9.17, 15) is 0 Å². The first-order valence-corrected chi connectivity index (χ1v) is 7.54. The van der Waals surface area contributed by atoms with Crippen molar-refractivity contribution in [2.45, 2.75) is 13.8 Å². The van der Waals surface area contributed by atoms with E-state index in [2.05, 4.69) is 60.1 Å². The van der Waals surface area contributed by atoms with Gasteiger partial charge in [0.05, 0.1) is 21.6 Å². The van der Waals surface area contributed by atoms with E-state index in [1.165, 1.54) is 5.56 Å². The standard InChI is InChI=1S/C16H17N3S/c1-3-19(12-6-4-11(2)5-7-12)13-8-9-14-16(15(13)17)18-10-20-14/h4-10H,3,17H2,1-2H3. The zero-order valence-electron chi connectivity index (χ0n) is 11.6. The summed E-state index contributed by atoms with van der Waals surface area (Å²) in [5.41, 5.74) is 13.2. The minimum atomic E-state index is 0.756. The Morgan fingerprint density at radius 1 is 1.15 bits per heavy atom. The third kappa shape index (κ3) is 2.12.